The Bertz CT molecular complexity index is 86.1. The summed E-state index contributed by atoms with van der Waals surface area (Å²) in [6, 6.07) is 0. The summed E-state index contributed by atoms with van der Waals surface area (Å²) >= 11 is 4.72. The van der Waals surface area contributed by atoms with Crippen LogP contribution in [0.3, 0.4) is 0 Å². The van der Waals surface area contributed by atoms with Crippen molar-refractivity contribution in [3.63, 3.8) is 0 Å². The van der Waals surface area contributed by atoms with E-state index >= 15 is 0 Å². The molecule has 48 valence electrons. The Labute approximate surface area is 54.6 Å². The van der Waals surface area contributed by atoms with Gasteiger partial charge in [-0.1, -0.05) is 0 Å². The van der Waals surface area contributed by atoms with Crippen LogP contribution in [0.4, 0.5) is 0 Å². The van der Waals surface area contributed by atoms with E-state index in [2.05, 4.69) is 5.43 Å². The first kappa shape index (κ1) is 7.65. The van der Waals surface area contributed by atoms with Gasteiger partial charge in [-0.25, -0.2) is 5.43 Å². The number of hydrogen-bond donors (Lipinski definition) is 1. The first-order valence-electron chi connectivity index (χ1n) is 2.21. The molecule has 0 rings (SSSR count). The molecule has 0 aliphatic heterocycles. The first-order chi connectivity index (χ1) is 3.72. The highest BCUT2D eigenvalue weighted by Crippen LogP contribution is 1.80. The van der Waals surface area contributed by atoms with Crippen molar-refractivity contribution >= 4 is 17.4 Å². The summed E-state index contributed by atoms with van der Waals surface area (Å²) in [5, 5.41) is 2.04. The van der Waals surface area contributed by atoms with Crippen LogP contribution in [-0.4, -0.2) is 31.4 Å². The van der Waals surface area contributed by atoms with Crippen LogP contribution in [0.15, 0.2) is 0 Å². The third-order valence-corrected chi connectivity index (χ3v) is 1.22. The molecule has 0 saturated carbocycles. The zero-order valence-electron chi connectivity index (χ0n) is 5.26. The van der Waals surface area contributed by atoms with Gasteiger partial charge in [0.25, 0.3) is 5.17 Å². The molecule has 1 N–H and O–H groups in total. The van der Waals surface area contributed by atoms with Gasteiger partial charge in [-0.15, -0.1) is 0 Å². The number of nitrogens with one attached hydrogen (secondary N) is 1. The maximum absolute atomic E-state index is 4.72. The normalized spacial score (nSPS) is 8.38. The summed E-state index contributed by atoms with van der Waals surface area (Å²) in [5.41, 5.74) is 2.78. The van der Waals surface area contributed by atoms with Gasteiger partial charge in [0.2, 0.25) is 0 Å². The molecule has 0 fully saturated rings. The highest BCUT2D eigenvalue weighted by Gasteiger charge is 1.96. The second-order valence-corrected chi connectivity index (χ2v) is 1.60. The number of rotatable bonds is 1. The van der Waals surface area contributed by atoms with Crippen molar-refractivity contribution in [2.24, 2.45) is 0 Å². The maximum atomic E-state index is 4.72. The molecule has 0 amide bonds. The molecule has 0 spiro atoms. The highest BCUT2D eigenvalue weighted by molar-refractivity contribution is 7.79. The fourth-order valence-corrected chi connectivity index (χ4v) is 0.320. The Kier molecular flexibility index (Phi) is 3.47. The Morgan fingerprint density at radius 2 is 2.25 bits per heavy atom. The molecule has 0 aromatic rings. The minimum absolute atomic E-state index is 0.438. The minimum atomic E-state index is 0.438. The van der Waals surface area contributed by atoms with Crippen LogP contribution in [0.2, 0.25) is 0 Å². The monoisotopic (exact) mass is 134 g/mol. The minimum Gasteiger partial charge on any atom is -0.473 e. The van der Waals surface area contributed by atoms with E-state index in [1.807, 2.05) is 0 Å². The standard InChI is InChI=1S/C4H10N2OS/c1-5-6(2)4(8)7-3/h5H,1-3H3. The van der Waals surface area contributed by atoms with Gasteiger partial charge < -0.3 is 4.74 Å². The molecule has 0 aliphatic carbocycles. The average molecular weight is 134 g/mol. The van der Waals surface area contributed by atoms with E-state index in [0.717, 1.165) is 0 Å². The Morgan fingerprint density at radius 3 is 2.38 bits per heavy atom. The largest absolute Gasteiger partial charge is 0.473 e. The van der Waals surface area contributed by atoms with Gasteiger partial charge in [0.05, 0.1) is 7.11 Å². The van der Waals surface area contributed by atoms with E-state index in [4.69, 9.17) is 17.0 Å². The third-order valence-electron chi connectivity index (χ3n) is 0.784. The SMILES string of the molecule is CNN(C)C(=S)OC. The van der Waals surface area contributed by atoms with Crippen molar-refractivity contribution in [2.75, 3.05) is 21.2 Å². The Hall–Kier alpha value is -0.350. The lowest BCUT2D eigenvalue weighted by molar-refractivity contribution is 0.286. The summed E-state index contributed by atoms with van der Waals surface area (Å²) in [5.74, 6) is 0. The molecule has 0 atom stereocenters. The quantitative estimate of drug-likeness (QED) is 0.402. The van der Waals surface area contributed by atoms with Crippen LogP contribution in [0.5, 0.6) is 0 Å². The third kappa shape index (κ3) is 2.09. The summed E-state index contributed by atoms with van der Waals surface area (Å²) in [4.78, 5) is 0. The van der Waals surface area contributed by atoms with Crippen molar-refractivity contribution in [3.8, 4) is 0 Å². The summed E-state index contributed by atoms with van der Waals surface area (Å²) < 4.78 is 4.70. The number of thiocarbonyl (C=S) groups is 1. The van der Waals surface area contributed by atoms with Crippen molar-refractivity contribution in [1.29, 1.82) is 0 Å². The lowest BCUT2D eigenvalue weighted by Gasteiger charge is -2.15. The molecule has 3 nitrogen and oxygen atoms in total. The molecular formula is C4H10N2OS. The predicted molar refractivity (Wildman–Crippen MR) is 36.4 cm³/mol. The fourth-order valence-electron chi connectivity index (χ4n) is 0.228. The van der Waals surface area contributed by atoms with Crippen molar-refractivity contribution in [1.82, 2.24) is 10.4 Å². The Balaban J connectivity index is 3.46. The Morgan fingerprint density at radius 1 is 1.75 bits per heavy atom. The van der Waals surface area contributed by atoms with E-state index in [9.17, 15) is 0 Å². The summed E-state index contributed by atoms with van der Waals surface area (Å²) in [6.07, 6.45) is 0. The molecule has 0 aromatic carbocycles. The van der Waals surface area contributed by atoms with Crippen molar-refractivity contribution in [3.05, 3.63) is 0 Å². The number of methoxy groups -OCH3 is 1. The molecule has 0 aromatic heterocycles. The van der Waals surface area contributed by atoms with Crippen molar-refractivity contribution in [2.45, 2.75) is 0 Å². The zero-order valence-corrected chi connectivity index (χ0v) is 6.08. The second kappa shape index (κ2) is 3.63. The lowest BCUT2D eigenvalue weighted by Crippen LogP contribution is -2.36. The van der Waals surface area contributed by atoms with Gasteiger partial charge in [-0.2, -0.15) is 0 Å². The molecule has 0 heterocycles. The molecule has 0 bridgehead atoms. The van der Waals surface area contributed by atoms with Crippen LogP contribution in [0.1, 0.15) is 0 Å². The van der Waals surface area contributed by atoms with Crippen LogP contribution >= 0.6 is 12.2 Å². The van der Waals surface area contributed by atoms with E-state index in [-0.39, 0.29) is 0 Å². The second-order valence-electron chi connectivity index (χ2n) is 1.25. The molecule has 0 saturated heterocycles. The van der Waals surface area contributed by atoms with E-state index in [1.54, 1.807) is 19.1 Å². The van der Waals surface area contributed by atoms with Crippen LogP contribution in [-0.2, 0) is 4.74 Å². The number of hydrogen-bond acceptors (Lipinski definition) is 3. The molecule has 0 radical (unpaired) electrons. The van der Waals surface area contributed by atoms with E-state index in [0.29, 0.717) is 5.17 Å². The number of ether oxygens (including phenoxy) is 1. The zero-order chi connectivity index (χ0) is 6.57. The highest BCUT2D eigenvalue weighted by atomic mass is 32.1. The molecule has 8 heavy (non-hydrogen) atoms. The average Bonchev–Trinajstić information content (AvgIpc) is 1.84. The summed E-state index contributed by atoms with van der Waals surface area (Å²) in [6.45, 7) is 0. The van der Waals surface area contributed by atoms with Crippen molar-refractivity contribution < 1.29 is 4.74 Å². The smallest absolute Gasteiger partial charge is 0.273 e. The first-order valence-corrected chi connectivity index (χ1v) is 2.62. The molecule has 0 unspecified atom stereocenters. The molecule has 0 aliphatic rings. The number of hydrazine groups is 1. The van der Waals surface area contributed by atoms with E-state index < -0.39 is 0 Å². The van der Waals surface area contributed by atoms with Gasteiger partial charge in [0.15, 0.2) is 0 Å². The van der Waals surface area contributed by atoms with Crippen LogP contribution in [0.25, 0.3) is 0 Å². The van der Waals surface area contributed by atoms with Gasteiger partial charge in [-0.05, 0) is 12.2 Å². The molecular weight excluding hydrogens is 124 g/mol. The van der Waals surface area contributed by atoms with Crippen LogP contribution < -0.4 is 5.43 Å². The van der Waals surface area contributed by atoms with Gasteiger partial charge >= 0.3 is 0 Å². The maximum Gasteiger partial charge on any atom is 0.273 e. The fraction of sp³-hybridized carbons (Fsp3) is 0.750. The number of nitrogens with zero attached hydrogens (tertiary/aromatic N) is 1. The van der Waals surface area contributed by atoms with Crippen LogP contribution in [0, 0.1) is 0 Å². The topological polar surface area (TPSA) is 24.5 Å². The van der Waals surface area contributed by atoms with Gasteiger partial charge in [0, 0.05) is 14.1 Å². The van der Waals surface area contributed by atoms with Gasteiger partial charge in [0.1, 0.15) is 0 Å². The van der Waals surface area contributed by atoms with Gasteiger partial charge in [-0.3, -0.25) is 5.01 Å². The summed E-state index contributed by atoms with van der Waals surface area (Å²) in [7, 11) is 5.09. The lowest BCUT2D eigenvalue weighted by atomic mass is 11.0. The molecule has 4 heteroatoms. The predicted octanol–water partition coefficient (Wildman–Crippen LogP) is -0.0161. The van der Waals surface area contributed by atoms with E-state index in [1.165, 1.54) is 7.11 Å².